The van der Waals surface area contributed by atoms with E-state index in [0.717, 1.165) is 0 Å². The molecule has 0 aromatic heterocycles. The predicted octanol–water partition coefficient (Wildman–Crippen LogP) is -5.00. The van der Waals surface area contributed by atoms with Crippen molar-refractivity contribution < 1.29 is 46.0 Å². The first-order valence-electron chi connectivity index (χ1n) is 5.57. The monoisotopic (exact) mass is 288 g/mol. The zero-order valence-electron chi connectivity index (χ0n) is 10.5. The molecule has 3 atom stereocenters. The molecule has 0 aromatic rings. The first-order valence-corrected chi connectivity index (χ1v) is 5.57. The molecule has 0 aliphatic heterocycles. The molecule has 0 aromatic carbocycles. The van der Waals surface area contributed by atoms with E-state index in [-0.39, 0.29) is 0 Å². The van der Waals surface area contributed by atoms with Gasteiger partial charge >= 0.3 is 0 Å². The van der Waals surface area contributed by atoms with E-state index < -0.39 is 63.4 Å². The topological polar surface area (TPSA) is 182 Å². The SMILES string of the molecule is OCC(CO)(CO)CO.OC[C@@H](O)[C@H](O)[C@@H](O)CO. The lowest BCUT2D eigenvalue weighted by Gasteiger charge is -2.23. The van der Waals surface area contributed by atoms with Gasteiger partial charge in [0, 0.05) is 0 Å². The number of aliphatic hydroxyl groups is 9. The van der Waals surface area contributed by atoms with Gasteiger partial charge in [-0.15, -0.1) is 0 Å². The molecule has 0 radical (unpaired) electrons. The Bertz CT molecular complexity index is 170. The minimum atomic E-state index is -1.49. The van der Waals surface area contributed by atoms with E-state index in [0.29, 0.717) is 0 Å². The fraction of sp³-hybridized carbons (Fsp3) is 1.00. The predicted molar refractivity (Wildman–Crippen MR) is 63.0 cm³/mol. The first kappa shape index (κ1) is 20.9. The second kappa shape index (κ2) is 11.5. The Morgan fingerprint density at radius 2 is 0.842 bits per heavy atom. The zero-order valence-corrected chi connectivity index (χ0v) is 10.5. The third kappa shape index (κ3) is 7.72. The third-order valence-corrected chi connectivity index (χ3v) is 2.50. The fourth-order valence-corrected chi connectivity index (χ4v) is 0.772. The van der Waals surface area contributed by atoms with Crippen LogP contribution >= 0.6 is 0 Å². The maximum absolute atomic E-state index is 8.77. The van der Waals surface area contributed by atoms with Crippen LogP contribution in [0.4, 0.5) is 0 Å². The minimum Gasteiger partial charge on any atom is -0.396 e. The van der Waals surface area contributed by atoms with Crippen molar-refractivity contribution in [3.8, 4) is 0 Å². The van der Waals surface area contributed by atoms with E-state index in [1.165, 1.54) is 0 Å². The molecule has 0 rings (SSSR count). The van der Waals surface area contributed by atoms with E-state index in [4.69, 9.17) is 46.0 Å². The summed E-state index contributed by atoms with van der Waals surface area (Å²) < 4.78 is 0. The summed E-state index contributed by atoms with van der Waals surface area (Å²) in [7, 11) is 0. The van der Waals surface area contributed by atoms with Crippen molar-refractivity contribution in [3.63, 3.8) is 0 Å². The Kier molecular flexibility index (Phi) is 12.6. The highest BCUT2D eigenvalue weighted by atomic mass is 16.4. The molecule has 0 heterocycles. The molecule has 9 N–H and O–H groups in total. The number of aliphatic hydroxyl groups excluding tert-OH is 9. The van der Waals surface area contributed by atoms with E-state index in [1.807, 2.05) is 0 Å². The van der Waals surface area contributed by atoms with Crippen molar-refractivity contribution >= 4 is 0 Å². The normalized spacial score (nSPS) is 16.3. The van der Waals surface area contributed by atoms with Crippen LogP contribution in [0, 0.1) is 5.41 Å². The van der Waals surface area contributed by atoms with Crippen LogP contribution in [0.2, 0.25) is 0 Å². The molecule has 0 amide bonds. The smallest absolute Gasteiger partial charge is 0.110 e. The second-order valence-corrected chi connectivity index (χ2v) is 4.12. The van der Waals surface area contributed by atoms with Crippen LogP contribution in [0.15, 0.2) is 0 Å². The van der Waals surface area contributed by atoms with Crippen LogP contribution in [-0.2, 0) is 0 Å². The molecule has 0 aliphatic rings. The molecule has 0 unspecified atom stereocenters. The van der Waals surface area contributed by atoms with Gasteiger partial charge in [0.25, 0.3) is 0 Å². The number of rotatable bonds is 8. The molecular weight excluding hydrogens is 264 g/mol. The Balaban J connectivity index is 0. The van der Waals surface area contributed by atoms with Crippen LogP contribution in [0.3, 0.4) is 0 Å². The molecule has 118 valence electrons. The maximum Gasteiger partial charge on any atom is 0.110 e. The summed E-state index contributed by atoms with van der Waals surface area (Å²) in [5.74, 6) is 0. The first-order chi connectivity index (χ1) is 8.87. The zero-order chi connectivity index (χ0) is 15.5. The maximum atomic E-state index is 8.77. The van der Waals surface area contributed by atoms with Crippen LogP contribution in [0.5, 0.6) is 0 Å². The average molecular weight is 288 g/mol. The summed E-state index contributed by atoms with van der Waals surface area (Å²) in [5.41, 5.74) is -1.11. The highest BCUT2D eigenvalue weighted by Crippen LogP contribution is 2.11. The van der Waals surface area contributed by atoms with E-state index in [2.05, 4.69) is 0 Å². The van der Waals surface area contributed by atoms with Gasteiger partial charge in [-0.25, -0.2) is 0 Å². The van der Waals surface area contributed by atoms with E-state index >= 15 is 0 Å². The average Bonchev–Trinajstić information content (AvgIpc) is 2.48. The summed E-state index contributed by atoms with van der Waals surface area (Å²) >= 11 is 0. The van der Waals surface area contributed by atoms with Gasteiger partial charge in [-0.1, -0.05) is 0 Å². The standard InChI is InChI=1S/C5H12O5.C5H12O4/c6-1-3(8)5(10)4(9)2-7;6-1-5(2-7,3-8)4-9/h3-10H,1-2H2;6-9H,1-4H2/t3-,4+,5+;. The van der Waals surface area contributed by atoms with E-state index in [1.54, 1.807) is 0 Å². The van der Waals surface area contributed by atoms with Gasteiger partial charge in [-0.2, -0.15) is 0 Å². The highest BCUT2D eigenvalue weighted by Gasteiger charge is 2.26. The molecular formula is C10H24O9. The van der Waals surface area contributed by atoms with Gasteiger partial charge in [0.1, 0.15) is 18.3 Å². The third-order valence-electron chi connectivity index (χ3n) is 2.50. The van der Waals surface area contributed by atoms with Gasteiger partial charge in [-0.05, 0) is 0 Å². The molecule has 9 nitrogen and oxygen atoms in total. The minimum absolute atomic E-state index is 0.406. The van der Waals surface area contributed by atoms with Crippen molar-refractivity contribution in [2.45, 2.75) is 18.3 Å². The molecule has 0 fully saturated rings. The fourth-order valence-electron chi connectivity index (χ4n) is 0.772. The molecule has 0 saturated heterocycles. The second-order valence-electron chi connectivity index (χ2n) is 4.12. The van der Waals surface area contributed by atoms with Gasteiger partial charge in [-0.3, -0.25) is 0 Å². The van der Waals surface area contributed by atoms with Crippen molar-refractivity contribution in [1.82, 2.24) is 0 Å². The van der Waals surface area contributed by atoms with Gasteiger partial charge < -0.3 is 46.0 Å². The molecule has 0 spiro atoms. The summed E-state index contributed by atoms with van der Waals surface area (Å²) in [6, 6.07) is 0. The van der Waals surface area contributed by atoms with Gasteiger partial charge in [0.05, 0.1) is 45.1 Å². The molecule has 0 aliphatic carbocycles. The highest BCUT2D eigenvalue weighted by molar-refractivity contribution is 4.75. The van der Waals surface area contributed by atoms with Crippen molar-refractivity contribution in [1.29, 1.82) is 0 Å². The summed E-state index contributed by atoms with van der Waals surface area (Å²) in [6.07, 6.45) is -4.29. The van der Waals surface area contributed by atoms with Crippen molar-refractivity contribution in [2.75, 3.05) is 39.6 Å². The van der Waals surface area contributed by atoms with Crippen LogP contribution < -0.4 is 0 Å². The quantitative estimate of drug-likeness (QED) is 0.211. The Morgan fingerprint density at radius 1 is 0.579 bits per heavy atom. The number of hydrogen-bond donors (Lipinski definition) is 9. The van der Waals surface area contributed by atoms with Gasteiger partial charge in [0.15, 0.2) is 0 Å². The molecule has 19 heavy (non-hydrogen) atoms. The lowest BCUT2D eigenvalue weighted by Crippen LogP contribution is -2.41. The Morgan fingerprint density at radius 3 is 0.947 bits per heavy atom. The summed E-state index contributed by atoms with van der Waals surface area (Å²) in [4.78, 5) is 0. The van der Waals surface area contributed by atoms with Crippen LogP contribution in [-0.4, -0.2) is 104 Å². The van der Waals surface area contributed by atoms with Crippen LogP contribution in [0.25, 0.3) is 0 Å². The largest absolute Gasteiger partial charge is 0.396 e. The lowest BCUT2D eigenvalue weighted by molar-refractivity contribution is -0.0900. The Hall–Kier alpha value is -0.360. The van der Waals surface area contributed by atoms with Crippen LogP contribution in [0.1, 0.15) is 0 Å². The van der Waals surface area contributed by atoms with E-state index in [9.17, 15) is 0 Å². The lowest BCUT2D eigenvalue weighted by atomic mass is 9.93. The van der Waals surface area contributed by atoms with Gasteiger partial charge in [0.2, 0.25) is 0 Å². The number of hydrogen-bond acceptors (Lipinski definition) is 9. The molecule has 0 bridgehead atoms. The molecule has 0 saturated carbocycles. The summed E-state index contributed by atoms with van der Waals surface area (Å²) in [6.45, 7) is -2.91. The Labute approximate surface area is 110 Å². The molecule has 9 heteroatoms. The van der Waals surface area contributed by atoms with Crippen molar-refractivity contribution in [3.05, 3.63) is 0 Å². The van der Waals surface area contributed by atoms with Crippen molar-refractivity contribution in [2.24, 2.45) is 5.41 Å². The summed E-state index contributed by atoms with van der Waals surface area (Å²) in [5, 5.41) is 76.6.